The van der Waals surface area contributed by atoms with Gasteiger partial charge in [0.05, 0.1) is 6.61 Å². The standard InChI is InChI=1S/C10H14BFO3S/c1-15-4-5-16-7-8-2-3-9(11(13)14)6-10(8)12/h2-3,6,13-14H,4-5,7H2,1H3. The molecule has 3 nitrogen and oxygen atoms in total. The molecule has 0 aliphatic carbocycles. The molecule has 0 spiro atoms. The monoisotopic (exact) mass is 244 g/mol. The van der Waals surface area contributed by atoms with Crippen molar-refractivity contribution in [2.75, 3.05) is 19.5 Å². The fourth-order valence-corrected chi connectivity index (χ4v) is 2.05. The summed E-state index contributed by atoms with van der Waals surface area (Å²) in [6, 6.07) is 4.24. The van der Waals surface area contributed by atoms with E-state index in [1.165, 1.54) is 6.07 Å². The van der Waals surface area contributed by atoms with Crippen LogP contribution in [-0.2, 0) is 10.5 Å². The van der Waals surface area contributed by atoms with Crippen LogP contribution < -0.4 is 5.46 Å². The van der Waals surface area contributed by atoms with E-state index >= 15 is 0 Å². The van der Waals surface area contributed by atoms with Gasteiger partial charge in [0.15, 0.2) is 0 Å². The third-order valence-corrected chi connectivity index (χ3v) is 3.04. The second-order valence-corrected chi connectivity index (χ2v) is 4.38. The number of hydrogen-bond donors (Lipinski definition) is 2. The van der Waals surface area contributed by atoms with Gasteiger partial charge in [-0.1, -0.05) is 12.1 Å². The number of methoxy groups -OCH3 is 1. The first-order valence-electron chi connectivity index (χ1n) is 4.86. The SMILES string of the molecule is COCCSCc1ccc(B(O)O)cc1F. The molecule has 0 heterocycles. The Morgan fingerprint density at radius 1 is 1.44 bits per heavy atom. The minimum Gasteiger partial charge on any atom is -0.423 e. The van der Waals surface area contributed by atoms with Crippen molar-refractivity contribution in [3.63, 3.8) is 0 Å². The molecule has 88 valence electrons. The molecular weight excluding hydrogens is 230 g/mol. The predicted octanol–water partition coefficient (Wildman–Crippen LogP) is 0.385. The van der Waals surface area contributed by atoms with Crippen molar-refractivity contribution in [3.8, 4) is 0 Å². The van der Waals surface area contributed by atoms with Crippen molar-refractivity contribution in [1.29, 1.82) is 0 Å². The number of hydrogen-bond acceptors (Lipinski definition) is 4. The van der Waals surface area contributed by atoms with E-state index in [2.05, 4.69) is 0 Å². The van der Waals surface area contributed by atoms with E-state index in [-0.39, 0.29) is 5.46 Å². The Hall–Kier alpha value is -0.555. The number of rotatable bonds is 6. The molecule has 0 aromatic heterocycles. The van der Waals surface area contributed by atoms with Gasteiger partial charge in [-0.05, 0) is 17.1 Å². The molecule has 0 bridgehead atoms. The van der Waals surface area contributed by atoms with Crippen LogP contribution >= 0.6 is 11.8 Å². The highest BCUT2D eigenvalue weighted by Crippen LogP contribution is 2.14. The number of halogens is 1. The summed E-state index contributed by atoms with van der Waals surface area (Å²) in [4.78, 5) is 0. The minimum absolute atomic E-state index is 0.170. The Morgan fingerprint density at radius 2 is 2.19 bits per heavy atom. The number of thioether (sulfide) groups is 1. The summed E-state index contributed by atoms with van der Waals surface area (Å²) in [6.45, 7) is 0.639. The van der Waals surface area contributed by atoms with Crippen molar-refractivity contribution in [1.82, 2.24) is 0 Å². The van der Waals surface area contributed by atoms with Gasteiger partial charge in [-0.3, -0.25) is 0 Å². The van der Waals surface area contributed by atoms with E-state index in [0.717, 1.165) is 11.8 Å². The molecule has 0 saturated heterocycles. The Bertz CT molecular complexity index is 336. The smallest absolute Gasteiger partial charge is 0.423 e. The van der Waals surface area contributed by atoms with Gasteiger partial charge in [-0.15, -0.1) is 0 Å². The van der Waals surface area contributed by atoms with E-state index < -0.39 is 12.9 Å². The molecule has 1 aromatic carbocycles. The Morgan fingerprint density at radius 3 is 2.75 bits per heavy atom. The van der Waals surface area contributed by atoms with Gasteiger partial charge in [0.2, 0.25) is 0 Å². The molecule has 16 heavy (non-hydrogen) atoms. The Kier molecular flexibility index (Phi) is 5.83. The summed E-state index contributed by atoms with van der Waals surface area (Å²) in [5, 5.41) is 17.7. The van der Waals surface area contributed by atoms with Gasteiger partial charge in [-0.25, -0.2) is 4.39 Å². The van der Waals surface area contributed by atoms with Crippen LogP contribution in [0.2, 0.25) is 0 Å². The number of ether oxygens (including phenoxy) is 1. The lowest BCUT2D eigenvalue weighted by Gasteiger charge is -2.05. The predicted molar refractivity (Wildman–Crippen MR) is 64.3 cm³/mol. The van der Waals surface area contributed by atoms with Crippen molar-refractivity contribution in [2.45, 2.75) is 5.75 Å². The van der Waals surface area contributed by atoms with Crippen molar-refractivity contribution >= 4 is 24.3 Å². The Balaban J connectivity index is 2.54. The summed E-state index contributed by atoms with van der Waals surface area (Å²) in [6.07, 6.45) is 0. The van der Waals surface area contributed by atoms with Crippen LogP contribution in [-0.4, -0.2) is 36.6 Å². The topological polar surface area (TPSA) is 49.7 Å². The van der Waals surface area contributed by atoms with Gasteiger partial charge in [0, 0.05) is 18.6 Å². The van der Waals surface area contributed by atoms with E-state index in [0.29, 0.717) is 17.9 Å². The average molecular weight is 244 g/mol. The van der Waals surface area contributed by atoms with Gasteiger partial charge in [0.1, 0.15) is 5.82 Å². The summed E-state index contributed by atoms with van der Waals surface area (Å²) >= 11 is 1.57. The zero-order chi connectivity index (χ0) is 12.0. The minimum atomic E-state index is -1.62. The molecule has 1 rings (SSSR count). The second-order valence-electron chi connectivity index (χ2n) is 3.27. The van der Waals surface area contributed by atoms with Crippen molar-refractivity contribution in [2.24, 2.45) is 0 Å². The summed E-state index contributed by atoms with van der Waals surface area (Å²) in [5.41, 5.74) is 0.730. The van der Waals surface area contributed by atoms with Crippen LogP contribution in [0.4, 0.5) is 4.39 Å². The lowest BCUT2D eigenvalue weighted by molar-refractivity contribution is 0.218. The van der Waals surface area contributed by atoms with Crippen LogP contribution in [0.1, 0.15) is 5.56 Å². The second kappa shape index (κ2) is 6.91. The van der Waals surface area contributed by atoms with Gasteiger partial charge < -0.3 is 14.8 Å². The molecule has 0 saturated carbocycles. The molecule has 0 aliphatic heterocycles. The lowest BCUT2D eigenvalue weighted by atomic mass is 9.80. The molecule has 0 aliphatic rings. The quantitative estimate of drug-likeness (QED) is 0.561. The summed E-state index contributed by atoms with van der Waals surface area (Å²) < 4.78 is 18.3. The van der Waals surface area contributed by atoms with Gasteiger partial charge in [-0.2, -0.15) is 11.8 Å². The number of benzene rings is 1. The van der Waals surface area contributed by atoms with Crippen LogP contribution in [0.25, 0.3) is 0 Å². The van der Waals surface area contributed by atoms with Crippen LogP contribution in [0, 0.1) is 5.82 Å². The first kappa shape index (κ1) is 13.5. The maximum Gasteiger partial charge on any atom is 0.488 e. The fraction of sp³-hybridized carbons (Fsp3) is 0.400. The van der Waals surface area contributed by atoms with Crippen molar-refractivity contribution in [3.05, 3.63) is 29.6 Å². The van der Waals surface area contributed by atoms with E-state index in [1.54, 1.807) is 24.9 Å². The third-order valence-electron chi connectivity index (χ3n) is 2.06. The van der Waals surface area contributed by atoms with Gasteiger partial charge >= 0.3 is 7.12 Å². The molecular formula is C10H14BFO3S. The van der Waals surface area contributed by atoms with Crippen LogP contribution in [0.15, 0.2) is 18.2 Å². The Labute approximate surface area is 98.8 Å². The van der Waals surface area contributed by atoms with E-state index in [9.17, 15) is 4.39 Å². The fourth-order valence-electron chi connectivity index (χ4n) is 1.17. The first-order valence-corrected chi connectivity index (χ1v) is 6.01. The lowest BCUT2D eigenvalue weighted by Crippen LogP contribution is -2.30. The third kappa shape index (κ3) is 4.13. The molecule has 0 atom stereocenters. The molecule has 0 fully saturated rings. The van der Waals surface area contributed by atoms with Crippen LogP contribution in [0.5, 0.6) is 0 Å². The van der Waals surface area contributed by atoms with Crippen molar-refractivity contribution < 1.29 is 19.2 Å². The van der Waals surface area contributed by atoms with Crippen LogP contribution in [0.3, 0.4) is 0 Å². The maximum atomic E-state index is 13.5. The van der Waals surface area contributed by atoms with E-state index in [4.69, 9.17) is 14.8 Å². The molecule has 0 amide bonds. The molecule has 0 radical (unpaired) electrons. The highest BCUT2D eigenvalue weighted by Gasteiger charge is 2.13. The molecule has 1 aromatic rings. The zero-order valence-corrected chi connectivity index (χ0v) is 9.84. The average Bonchev–Trinajstić information content (AvgIpc) is 2.26. The normalized spacial score (nSPS) is 10.5. The van der Waals surface area contributed by atoms with Gasteiger partial charge in [0.25, 0.3) is 0 Å². The first-order chi connectivity index (χ1) is 7.65. The summed E-state index contributed by atoms with van der Waals surface area (Å²) in [7, 11) is 0.00293. The van der Waals surface area contributed by atoms with E-state index in [1.807, 2.05) is 0 Å². The molecule has 2 N–H and O–H groups in total. The highest BCUT2D eigenvalue weighted by molar-refractivity contribution is 7.98. The molecule has 6 heteroatoms. The highest BCUT2D eigenvalue weighted by atomic mass is 32.2. The zero-order valence-electron chi connectivity index (χ0n) is 9.02. The molecule has 0 unspecified atom stereocenters. The maximum absolute atomic E-state index is 13.5. The summed E-state index contributed by atoms with van der Waals surface area (Å²) in [5.74, 6) is 0.952. The largest absolute Gasteiger partial charge is 0.488 e.